The van der Waals surface area contributed by atoms with Gasteiger partial charge in [0.25, 0.3) is 0 Å². The second-order valence-corrected chi connectivity index (χ2v) is 0.250. The number of hydrogen-bond donors (Lipinski definition) is 0. The summed E-state index contributed by atoms with van der Waals surface area (Å²) in [6.07, 6.45) is 5.96. The first kappa shape index (κ1) is 19.9. The van der Waals surface area contributed by atoms with Gasteiger partial charge in [0.15, 0.2) is 0 Å². The Kier molecular flexibility index (Phi) is 12.6. The predicted octanol–water partition coefficient (Wildman–Crippen LogP) is 0.596. The van der Waals surface area contributed by atoms with Crippen molar-refractivity contribution in [2.24, 2.45) is 0 Å². The van der Waals surface area contributed by atoms with E-state index in [1.54, 1.807) is 6.92 Å². The molecule has 0 unspecified atom stereocenters. The molecule has 0 aliphatic heterocycles. The van der Waals surface area contributed by atoms with Gasteiger partial charge in [0, 0.05) is 0 Å². The molecule has 1 heteroatoms. The molecule has 0 aromatic carbocycles. The molecule has 0 aliphatic carbocycles. The van der Waals surface area contributed by atoms with Crippen LogP contribution in [0.25, 0.3) is 0 Å². The molecule has 4 heavy (non-hydrogen) atoms. The van der Waals surface area contributed by atoms with Crippen molar-refractivity contribution in [3.8, 4) is 5.92 Å². The van der Waals surface area contributed by atoms with E-state index in [1.807, 2.05) is 5.92 Å². The van der Waals surface area contributed by atoms with Gasteiger partial charge in [0.1, 0.15) is 0 Å². The van der Waals surface area contributed by atoms with Crippen LogP contribution in [0.4, 0.5) is 0 Å². The second-order valence-electron chi connectivity index (χ2n) is 0.250. The summed E-state index contributed by atoms with van der Waals surface area (Å²) in [5, 5.41) is 0. The Hall–Kier alpha value is -1.44. The average molecular weight is 306 g/mol. The van der Waals surface area contributed by atoms with Crippen LogP contribution in [0.3, 0.4) is 0 Å². The molecule has 0 rings (SSSR count). The predicted molar refractivity (Wildman–Crippen MR) is 12.8 cm³/mol. The van der Waals surface area contributed by atoms with Gasteiger partial charge in [-0.25, -0.2) is 0 Å². The Morgan fingerprint density at radius 1 is 1.75 bits per heavy atom. The third-order valence-electron chi connectivity index (χ3n) is 0. The van der Waals surface area contributed by atoms with Gasteiger partial charge in [-0.1, -0.05) is 0 Å². The Bertz CT molecular complexity index is 24.8. The van der Waals surface area contributed by atoms with E-state index in [0.29, 0.717) is 0 Å². The Morgan fingerprint density at radius 2 is 1.75 bits per heavy atom. The van der Waals surface area contributed by atoms with Crippen LogP contribution in [0, 0.1) is 12.3 Å². The van der Waals surface area contributed by atoms with Crippen molar-refractivity contribution in [2.75, 3.05) is 0 Å². The molecule has 0 saturated heterocycles. The zero-order valence-corrected chi connectivity index (χ0v) is 9.11. The van der Waals surface area contributed by atoms with Crippen LogP contribution in [0.15, 0.2) is 0 Å². The van der Waals surface area contributed by atoms with E-state index in [0.717, 1.165) is 0 Å². The van der Waals surface area contributed by atoms with Gasteiger partial charge in [-0.05, 0) is 6.92 Å². The first-order valence-electron chi connectivity index (χ1n) is 0.750. The second kappa shape index (κ2) is 2.53. The summed E-state index contributed by atoms with van der Waals surface area (Å²) in [5.74, 6) is 2.00. The quantitative estimate of drug-likeness (QED) is 0.454. The molecule has 0 nitrogen and oxygen atoms in total. The summed E-state index contributed by atoms with van der Waals surface area (Å²) in [6, 6.07) is 0. The Morgan fingerprint density at radius 3 is 1.75 bits per heavy atom. The van der Waals surface area contributed by atoms with Gasteiger partial charge >= 0.3 is 0 Å². The number of hydrogen-bond acceptors (Lipinski definition) is 0. The Labute approximate surface area is 20.5 Å². The minimum Gasteiger partial charge on any atom is -0.694 e. The van der Waals surface area contributed by atoms with E-state index in [1.165, 1.54) is 0 Å². The first-order chi connectivity index (χ1) is 1.41. The molecule has 0 radical (unpaired) electrons. The molecule has 0 aromatic rings. The maximum atomic E-state index is 5.96. The van der Waals surface area contributed by atoms with Crippen LogP contribution in [0.5, 0.6) is 0 Å². The molecule has 0 heterocycles. The topological polar surface area (TPSA) is 0 Å². The molecular weight excluding hydrogens is 303 g/mol. The van der Waals surface area contributed by atoms with Gasteiger partial charge in [0.2, 0.25) is 0 Å². The van der Waals surface area contributed by atoms with Crippen LogP contribution in [-0.4, -0.2) is 0 Å². The van der Waals surface area contributed by atoms with E-state index in [2.05, 4.69) is 0 Å². The van der Waals surface area contributed by atoms with Crippen LogP contribution in [-0.2, 0) is 0 Å². The van der Waals surface area contributed by atoms with Crippen LogP contribution >= 0.6 is 0 Å². The third kappa shape index (κ3) is 0.0523. The Balaban J connectivity index is 0. The summed E-state index contributed by atoms with van der Waals surface area (Å²) in [6.45, 7) is 1.54. The maximum absolute atomic E-state index is 5.96. The molecule has 0 atom stereocenters. The summed E-state index contributed by atoms with van der Waals surface area (Å²) in [7, 11) is 0. The molecule has 0 bridgehead atoms. The van der Waals surface area contributed by atoms with Gasteiger partial charge in [-0.15, -0.1) is 0 Å². The number of rotatable bonds is 0. The van der Waals surface area contributed by atoms with E-state index >= 15 is 0 Å². The van der Waals surface area contributed by atoms with E-state index in [-0.39, 0.29) is 0 Å². The molecule has 0 aromatic heterocycles. The smallest absolute Gasteiger partial charge is 0 e. The van der Waals surface area contributed by atoms with Crippen molar-refractivity contribution < 1.29 is 0 Å². The van der Waals surface area contributed by atoms with Gasteiger partial charge < -0.3 is 12.3 Å². The maximum Gasteiger partial charge on any atom is 0 e. The first-order valence-corrected chi connectivity index (χ1v) is 0.750. The zero-order chi connectivity index (χ0) is 2.71. The minimum atomic E-state index is 0. The normalized spacial score (nSPS) is 2.00. The van der Waals surface area contributed by atoms with Crippen LogP contribution in [0.1, 0.15) is 6.92 Å². The summed E-state index contributed by atoms with van der Waals surface area (Å²) in [5.41, 5.74) is 0. The van der Waals surface area contributed by atoms with Crippen molar-refractivity contribution in [1.82, 2.24) is 0 Å². The zero-order valence-electron chi connectivity index (χ0n) is 2.71. The molecule has 0 amide bonds. The fourth-order valence-electron chi connectivity index (χ4n) is 0. The van der Waals surface area contributed by atoms with Crippen LogP contribution < -0.4 is 0 Å². The van der Waals surface area contributed by atoms with E-state index in [9.17, 15) is 0 Å². The summed E-state index contributed by atoms with van der Waals surface area (Å²) in [4.78, 5) is 0. The molecule has 0 aliphatic rings. The average Bonchev–Trinajstić information content (AvgIpc) is 0.918. The van der Waals surface area contributed by atoms with Crippen molar-refractivity contribution in [2.45, 2.75) is 6.92 Å². The monoisotopic (exact) mass is 306 g/mol. The summed E-state index contributed by atoms with van der Waals surface area (Å²) >= 11 is 0. The largest absolute Gasteiger partial charge is 0.694 e. The molecular formula is C3H3Rf-. The molecule has 0 fully saturated rings. The minimum absolute atomic E-state index is 0. The standard InChI is InChI=1S/C3H3.Rf/c1-3-2;/h1H3;/q-1;. The molecule has 0 saturated carbocycles. The fraction of sp³-hybridized carbons (Fsp3) is 0.333. The molecule has 18 valence electrons. The van der Waals surface area contributed by atoms with Crippen LogP contribution in [0.2, 0.25) is 0 Å². The van der Waals surface area contributed by atoms with Gasteiger partial charge in [0.05, 0.1) is 0 Å². The SMILES string of the molecule is [C-]#CC.[Rf]. The van der Waals surface area contributed by atoms with Gasteiger partial charge in [-0.3, -0.25) is 0 Å². The van der Waals surface area contributed by atoms with E-state index in [4.69, 9.17) is 6.42 Å². The van der Waals surface area contributed by atoms with Crippen molar-refractivity contribution >= 4 is 0 Å². The van der Waals surface area contributed by atoms with Crippen molar-refractivity contribution in [3.05, 3.63) is 6.42 Å². The van der Waals surface area contributed by atoms with Crippen molar-refractivity contribution in [1.29, 1.82) is 0 Å². The molecule has 0 N–H and O–H groups in total. The molecule has 0 spiro atoms. The van der Waals surface area contributed by atoms with Crippen molar-refractivity contribution in [3.63, 3.8) is 0 Å². The van der Waals surface area contributed by atoms with E-state index < -0.39 is 0 Å². The van der Waals surface area contributed by atoms with Gasteiger partial charge in [-0.2, -0.15) is 0 Å². The fourth-order valence-corrected chi connectivity index (χ4v) is 0. The third-order valence-corrected chi connectivity index (χ3v) is 0. The summed E-state index contributed by atoms with van der Waals surface area (Å²) < 4.78 is 0.